The molecule has 0 amide bonds. The third kappa shape index (κ3) is 2.13. The molecule has 0 saturated heterocycles. The molecule has 0 aliphatic heterocycles. The summed E-state index contributed by atoms with van der Waals surface area (Å²) in [6.07, 6.45) is 8.90. The van der Waals surface area contributed by atoms with Gasteiger partial charge in [0.1, 0.15) is 6.54 Å². The number of nitrogens with zero attached hydrogens (tertiary/aromatic N) is 2. The van der Waals surface area contributed by atoms with Gasteiger partial charge in [0, 0.05) is 11.8 Å². The normalized spacial score (nSPS) is 12.0. The Labute approximate surface area is 82.5 Å². The number of carboxylic acids is 1. The van der Waals surface area contributed by atoms with E-state index in [1.165, 1.54) is 0 Å². The monoisotopic (exact) mass is 192 g/mol. The fraction of sp³-hybridized carbons (Fsp3) is 0.400. The van der Waals surface area contributed by atoms with Crippen LogP contribution < -0.4 is 0 Å². The van der Waals surface area contributed by atoms with Crippen LogP contribution in [0.5, 0.6) is 0 Å². The van der Waals surface area contributed by atoms with Gasteiger partial charge in [0.25, 0.3) is 0 Å². The second-order valence-electron chi connectivity index (χ2n) is 2.97. The fourth-order valence-electron chi connectivity index (χ4n) is 1.29. The summed E-state index contributed by atoms with van der Waals surface area (Å²) in [4.78, 5) is 10.8. The number of aliphatic carboxylic acids is 1. The molecule has 1 atom stereocenters. The van der Waals surface area contributed by atoms with E-state index >= 15 is 0 Å². The smallest absolute Gasteiger partial charge is 0.311 e. The number of terminal acetylenes is 1. The standard InChI is InChI=1S/C10H12N2O2/c1-3-5-12-7-8(6-11-12)9(4-2)10(13)14/h1,6-7,9H,4-5H2,2H3,(H,13,14). The van der Waals surface area contributed by atoms with E-state index < -0.39 is 11.9 Å². The van der Waals surface area contributed by atoms with Crippen molar-refractivity contribution in [2.75, 3.05) is 0 Å². The highest BCUT2D eigenvalue weighted by Crippen LogP contribution is 2.18. The van der Waals surface area contributed by atoms with Crippen LogP contribution in [0.3, 0.4) is 0 Å². The summed E-state index contributed by atoms with van der Waals surface area (Å²) in [6, 6.07) is 0. The number of carbonyl (C=O) groups is 1. The van der Waals surface area contributed by atoms with E-state index in [2.05, 4.69) is 11.0 Å². The van der Waals surface area contributed by atoms with Crippen LogP contribution >= 0.6 is 0 Å². The molecule has 0 bridgehead atoms. The summed E-state index contributed by atoms with van der Waals surface area (Å²) in [5.74, 6) is 1.13. The summed E-state index contributed by atoms with van der Waals surface area (Å²) in [7, 11) is 0. The van der Waals surface area contributed by atoms with E-state index in [0.717, 1.165) is 0 Å². The Hall–Kier alpha value is -1.76. The van der Waals surface area contributed by atoms with Crippen molar-refractivity contribution in [3.63, 3.8) is 0 Å². The summed E-state index contributed by atoms with van der Waals surface area (Å²) in [6.45, 7) is 2.20. The highest BCUT2D eigenvalue weighted by atomic mass is 16.4. The van der Waals surface area contributed by atoms with E-state index in [1.807, 2.05) is 6.92 Å². The van der Waals surface area contributed by atoms with Gasteiger partial charge < -0.3 is 5.11 Å². The highest BCUT2D eigenvalue weighted by Gasteiger charge is 2.18. The Kier molecular flexibility index (Phi) is 3.29. The van der Waals surface area contributed by atoms with Gasteiger partial charge in [-0.25, -0.2) is 0 Å². The van der Waals surface area contributed by atoms with Crippen LogP contribution in [0.4, 0.5) is 0 Å². The minimum absolute atomic E-state index is 0.371. The van der Waals surface area contributed by atoms with E-state index in [4.69, 9.17) is 11.5 Å². The van der Waals surface area contributed by atoms with Crippen LogP contribution in [0, 0.1) is 12.3 Å². The first kappa shape index (κ1) is 10.3. The minimum Gasteiger partial charge on any atom is -0.481 e. The molecular formula is C10H12N2O2. The molecule has 74 valence electrons. The largest absolute Gasteiger partial charge is 0.481 e. The lowest BCUT2D eigenvalue weighted by atomic mass is 10.0. The van der Waals surface area contributed by atoms with E-state index in [1.54, 1.807) is 17.1 Å². The van der Waals surface area contributed by atoms with Crippen LogP contribution in [-0.4, -0.2) is 20.9 Å². The van der Waals surface area contributed by atoms with Crippen LogP contribution in [0.25, 0.3) is 0 Å². The molecule has 4 heteroatoms. The molecule has 0 fully saturated rings. The maximum Gasteiger partial charge on any atom is 0.311 e. The lowest BCUT2D eigenvalue weighted by Gasteiger charge is -2.05. The van der Waals surface area contributed by atoms with E-state index in [0.29, 0.717) is 18.5 Å². The van der Waals surface area contributed by atoms with Crippen molar-refractivity contribution in [2.24, 2.45) is 0 Å². The highest BCUT2D eigenvalue weighted by molar-refractivity contribution is 5.75. The Balaban J connectivity index is 2.85. The first-order chi connectivity index (χ1) is 6.69. The number of aromatic nitrogens is 2. The zero-order valence-corrected chi connectivity index (χ0v) is 7.97. The summed E-state index contributed by atoms with van der Waals surface area (Å²) in [5.41, 5.74) is 0.704. The molecule has 14 heavy (non-hydrogen) atoms. The predicted octanol–water partition coefficient (Wildman–Crippen LogP) is 1.09. The van der Waals surface area contributed by atoms with Gasteiger partial charge in [0.2, 0.25) is 0 Å². The summed E-state index contributed by atoms with van der Waals surface area (Å²) in [5, 5.41) is 12.9. The molecule has 1 heterocycles. The van der Waals surface area contributed by atoms with Crippen molar-refractivity contribution < 1.29 is 9.90 Å². The quantitative estimate of drug-likeness (QED) is 0.726. The van der Waals surface area contributed by atoms with E-state index in [9.17, 15) is 4.79 Å². The summed E-state index contributed by atoms with van der Waals surface area (Å²) < 4.78 is 1.56. The van der Waals surface area contributed by atoms with Crippen LogP contribution in [0.1, 0.15) is 24.8 Å². The molecule has 0 spiro atoms. The Morgan fingerprint density at radius 2 is 2.57 bits per heavy atom. The Morgan fingerprint density at radius 3 is 3.07 bits per heavy atom. The van der Waals surface area contributed by atoms with Crippen molar-refractivity contribution in [1.29, 1.82) is 0 Å². The number of rotatable bonds is 4. The molecule has 0 aromatic carbocycles. The van der Waals surface area contributed by atoms with Crippen molar-refractivity contribution >= 4 is 5.97 Å². The molecule has 0 aliphatic carbocycles. The lowest BCUT2D eigenvalue weighted by Crippen LogP contribution is -2.09. The molecule has 0 radical (unpaired) electrons. The number of hydrogen-bond acceptors (Lipinski definition) is 2. The lowest BCUT2D eigenvalue weighted by molar-refractivity contribution is -0.138. The zero-order valence-electron chi connectivity index (χ0n) is 7.97. The van der Waals surface area contributed by atoms with Gasteiger partial charge in [-0.3, -0.25) is 9.48 Å². The number of carboxylic acid groups (broad SMARTS) is 1. The third-order valence-corrected chi connectivity index (χ3v) is 2.02. The first-order valence-electron chi connectivity index (χ1n) is 4.37. The molecule has 0 aliphatic rings. The molecule has 1 unspecified atom stereocenters. The van der Waals surface area contributed by atoms with Crippen molar-refractivity contribution in [3.05, 3.63) is 18.0 Å². The molecule has 1 rings (SSSR count). The molecule has 0 saturated carbocycles. The Morgan fingerprint density at radius 1 is 1.86 bits per heavy atom. The average molecular weight is 192 g/mol. The summed E-state index contributed by atoms with van der Waals surface area (Å²) >= 11 is 0. The molecule has 1 aromatic rings. The van der Waals surface area contributed by atoms with Gasteiger partial charge in [-0.1, -0.05) is 12.8 Å². The van der Waals surface area contributed by atoms with Crippen molar-refractivity contribution in [3.8, 4) is 12.3 Å². The van der Waals surface area contributed by atoms with Gasteiger partial charge in [-0.05, 0) is 6.42 Å². The second-order valence-corrected chi connectivity index (χ2v) is 2.97. The topological polar surface area (TPSA) is 55.1 Å². The fourth-order valence-corrected chi connectivity index (χ4v) is 1.29. The molecule has 1 N–H and O–H groups in total. The SMILES string of the molecule is C#CCn1cc(C(CC)C(=O)O)cn1. The molecule has 1 aromatic heterocycles. The maximum atomic E-state index is 10.8. The third-order valence-electron chi connectivity index (χ3n) is 2.02. The van der Waals surface area contributed by atoms with Crippen molar-refractivity contribution in [1.82, 2.24) is 9.78 Å². The predicted molar refractivity (Wildman–Crippen MR) is 51.7 cm³/mol. The number of hydrogen-bond donors (Lipinski definition) is 1. The van der Waals surface area contributed by atoms with Crippen LogP contribution in [0.15, 0.2) is 12.4 Å². The van der Waals surface area contributed by atoms with E-state index in [-0.39, 0.29) is 0 Å². The maximum absolute atomic E-state index is 10.8. The van der Waals surface area contributed by atoms with Crippen molar-refractivity contribution in [2.45, 2.75) is 25.8 Å². The average Bonchev–Trinajstić information content (AvgIpc) is 2.54. The van der Waals surface area contributed by atoms with Gasteiger partial charge >= 0.3 is 5.97 Å². The molecular weight excluding hydrogens is 180 g/mol. The van der Waals surface area contributed by atoms with Gasteiger partial charge in [-0.15, -0.1) is 6.42 Å². The first-order valence-corrected chi connectivity index (χ1v) is 4.37. The van der Waals surface area contributed by atoms with Crippen LogP contribution in [-0.2, 0) is 11.3 Å². The van der Waals surface area contributed by atoms with Gasteiger partial charge in [0.15, 0.2) is 0 Å². The van der Waals surface area contributed by atoms with Crippen LogP contribution in [0.2, 0.25) is 0 Å². The van der Waals surface area contributed by atoms with Gasteiger partial charge in [0.05, 0.1) is 12.1 Å². The van der Waals surface area contributed by atoms with Gasteiger partial charge in [-0.2, -0.15) is 5.10 Å². The Bertz CT molecular complexity index is 362. The molecule has 4 nitrogen and oxygen atoms in total. The minimum atomic E-state index is -0.826. The second kappa shape index (κ2) is 4.47. The zero-order chi connectivity index (χ0) is 10.6.